The highest BCUT2D eigenvalue weighted by Gasteiger charge is 2.21. The number of carbonyl (C=O) groups excluding carboxylic acids is 1. The first-order valence-corrected chi connectivity index (χ1v) is 9.14. The maximum Gasteiger partial charge on any atom is 0.261 e. The fourth-order valence-electron chi connectivity index (χ4n) is 2.61. The Morgan fingerprint density at radius 3 is 2.40 bits per heavy atom. The highest BCUT2D eigenvalue weighted by molar-refractivity contribution is 6.31. The Morgan fingerprint density at radius 2 is 1.84 bits per heavy atom. The van der Waals surface area contributed by atoms with E-state index in [0.29, 0.717) is 17.2 Å². The summed E-state index contributed by atoms with van der Waals surface area (Å²) in [6.07, 6.45) is 1.07. The van der Waals surface area contributed by atoms with Gasteiger partial charge in [-0.25, -0.2) is 0 Å². The Kier molecular flexibility index (Phi) is 6.89. The van der Waals surface area contributed by atoms with E-state index in [2.05, 4.69) is 36.5 Å². The smallest absolute Gasteiger partial charge is 0.261 e. The van der Waals surface area contributed by atoms with Crippen LogP contribution in [0.3, 0.4) is 0 Å². The second-order valence-electron chi connectivity index (χ2n) is 6.25. The minimum Gasteiger partial charge on any atom is -0.481 e. The molecule has 134 valence electrons. The molecular weight excluding hydrogens is 334 g/mol. The zero-order valence-corrected chi connectivity index (χ0v) is 16.1. The standard InChI is InChI=1S/C21H26ClNO2/c1-5-16-7-9-17(10-8-16)15(4)23-21(24)20(6-2)25-18-11-12-19(22)14(3)13-18/h7-13,15,20H,5-6H2,1-4H3,(H,23,24)/t15-,20-/m0/s1. The summed E-state index contributed by atoms with van der Waals surface area (Å²) in [4.78, 5) is 12.6. The van der Waals surface area contributed by atoms with E-state index in [-0.39, 0.29) is 11.9 Å². The van der Waals surface area contributed by atoms with Crippen molar-refractivity contribution in [2.45, 2.75) is 52.7 Å². The van der Waals surface area contributed by atoms with Crippen molar-refractivity contribution >= 4 is 17.5 Å². The molecule has 2 atom stereocenters. The summed E-state index contributed by atoms with van der Waals surface area (Å²) in [7, 11) is 0. The van der Waals surface area contributed by atoms with E-state index in [9.17, 15) is 4.79 Å². The van der Waals surface area contributed by atoms with Gasteiger partial charge < -0.3 is 10.1 Å². The summed E-state index contributed by atoms with van der Waals surface area (Å²) >= 11 is 6.04. The van der Waals surface area contributed by atoms with Crippen LogP contribution < -0.4 is 10.1 Å². The zero-order chi connectivity index (χ0) is 18.4. The molecule has 0 bridgehead atoms. The largest absolute Gasteiger partial charge is 0.481 e. The molecule has 1 N–H and O–H groups in total. The van der Waals surface area contributed by atoms with Crippen molar-refractivity contribution < 1.29 is 9.53 Å². The Labute approximate surface area is 155 Å². The molecule has 0 saturated heterocycles. The van der Waals surface area contributed by atoms with Gasteiger partial charge in [-0.2, -0.15) is 0 Å². The van der Waals surface area contributed by atoms with Crippen LogP contribution in [0.15, 0.2) is 42.5 Å². The summed E-state index contributed by atoms with van der Waals surface area (Å²) in [5.41, 5.74) is 3.30. The third-order valence-electron chi connectivity index (χ3n) is 4.32. The topological polar surface area (TPSA) is 38.3 Å². The molecule has 0 aromatic heterocycles. The molecule has 0 aliphatic rings. The van der Waals surface area contributed by atoms with Crippen molar-refractivity contribution in [3.63, 3.8) is 0 Å². The van der Waals surface area contributed by atoms with Crippen LogP contribution in [0.5, 0.6) is 5.75 Å². The monoisotopic (exact) mass is 359 g/mol. The number of rotatable bonds is 7. The molecular formula is C21H26ClNO2. The maximum absolute atomic E-state index is 12.6. The van der Waals surface area contributed by atoms with Crippen LogP contribution >= 0.6 is 11.6 Å². The van der Waals surface area contributed by atoms with Crippen LogP contribution in [0.1, 0.15) is 49.9 Å². The van der Waals surface area contributed by atoms with E-state index in [1.807, 2.05) is 26.8 Å². The van der Waals surface area contributed by atoms with Gasteiger partial charge in [0, 0.05) is 5.02 Å². The zero-order valence-electron chi connectivity index (χ0n) is 15.3. The second-order valence-corrected chi connectivity index (χ2v) is 6.66. The average molecular weight is 360 g/mol. The summed E-state index contributed by atoms with van der Waals surface area (Å²) in [6, 6.07) is 13.7. The van der Waals surface area contributed by atoms with Gasteiger partial charge in [-0.3, -0.25) is 4.79 Å². The van der Waals surface area contributed by atoms with E-state index in [1.54, 1.807) is 12.1 Å². The lowest BCUT2D eigenvalue weighted by Crippen LogP contribution is -2.39. The van der Waals surface area contributed by atoms with Crippen LogP contribution in [0.2, 0.25) is 5.02 Å². The van der Waals surface area contributed by atoms with E-state index in [0.717, 1.165) is 17.5 Å². The molecule has 2 aromatic carbocycles. The van der Waals surface area contributed by atoms with Crippen molar-refractivity contribution in [3.8, 4) is 5.75 Å². The van der Waals surface area contributed by atoms with Crippen molar-refractivity contribution in [2.24, 2.45) is 0 Å². The predicted octanol–water partition coefficient (Wildman–Crippen LogP) is 5.25. The van der Waals surface area contributed by atoms with Crippen molar-refractivity contribution in [1.29, 1.82) is 0 Å². The van der Waals surface area contributed by atoms with Gasteiger partial charge in [-0.15, -0.1) is 0 Å². The summed E-state index contributed by atoms with van der Waals surface area (Å²) in [5, 5.41) is 3.73. The molecule has 0 radical (unpaired) electrons. The summed E-state index contributed by atoms with van der Waals surface area (Å²) < 4.78 is 5.86. The van der Waals surface area contributed by atoms with Crippen LogP contribution in [0, 0.1) is 6.92 Å². The van der Waals surface area contributed by atoms with Gasteiger partial charge in [-0.1, -0.05) is 49.7 Å². The first kappa shape index (κ1) is 19.3. The molecule has 3 nitrogen and oxygen atoms in total. The molecule has 1 amide bonds. The van der Waals surface area contributed by atoms with Crippen LogP contribution in [0.4, 0.5) is 0 Å². The number of amides is 1. The number of aryl methyl sites for hydroxylation is 2. The molecule has 0 saturated carbocycles. The van der Waals surface area contributed by atoms with Gasteiger partial charge in [0.25, 0.3) is 5.91 Å². The van der Waals surface area contributed by atoms with E-state index in [4.69, 9.17) is 16.3 Å². The molecule has 2 rings (SSSR count). The minimum atomic E-state index is -0.530. The Balaban J connectivity index is 2.01. The van der Waals surface area contributed by atoms with Crippen LogP contribution in [-0.4, -0.2) is 12.0 Å². The highest BCUT2D eigenvalue weighted by Crippen LogP contribution is 2.23. The van der Waals surface area contributed by atoms with E-state index < -0.39 is 6.10 Å². The van der Waals surface area contributed by atoms with Gasteiger partial charge >= 0.3 is 0 Å². The van der Waals surface area contributed by atoms with Gasteiger partial charge in [0.05, 0.1) is 6.04 Å². The fraction of sp³-hybridized carbons (Fsp3) is 0.381. The third-order valence-corrected chi connectivity index (χ3v) is 4.74. The lowest BCUT2D eigenvalue weighted by atomic mass is 10.0. The molecule has 0 spiro atoms. The molecule has 0 heterocycles. The second kappa shape index (κ2) is 8.91. The number of ether oxygens (including phenoxy) is 1. The van der Waals surface area contributed by atoms with Gasteiger partial charge in [-0.05, 0) is 61.6 Å². The normalized spacial score (nSPS) is 13.2. The Hall–Kier alpha value is -2.00. The van der Waals surface area contributed by atoms with Gasteiger partial charge in [0.1, 0.15) is 5.75 Å². The molecule has 25 heavy (non-hydrogen) atoms. The average Bonchev–Trinajstić information content (AvgIpc) is 2.62. The Morgan fingerprint density at radius 1 is 1.16 bits per heavy atom. The number of nitrogens with one attached hydrogen (secondary N) is 1. The number of hydrogen-bond acceptors (Lipinski definition) is 2. The lowest BCUT2D eigenvalue weighted by molar-refractivity contribution is -0.128. The van der Waals surface area contributed by atoms with E-state index >= 15 is 0 Å². The minimum absolute atomic E-state index is 0.0667. The van der Waals surface area contributed by atoms with E-state index in [1.165, 1.54) is 5.56 Å². The maximum atomic E-state index is 12.6. The third kappa shape index (κ3) is 5.23. The molecule has 0 aliphatic carbocycles. The lowest BCUT2D eigenvalue weighted by Gasteiger charge is -2.21. The molecule has 0 fully saturated rings. The van der Waals surface area contributed by atoms with Crippen molar-refractivity contribution in [1.82, 2.24) is 5.32 Å². The first-order valence-electron chi connectivity index (χ1n) is 8.76. The summed E-state index contributed by atoms with van der Waals surface area (Å²) in [5.74, 6) is 0.547. The highest BCUT2D eigenvalue weighted by atomic mass is 35.5. The summed E-state index contributed by atoms with van der Waals surface area (Å²) in [6.45, 7) is 7.96. The molecule has 0 unspecified atom stereocenters. The number of hydrogen-bond donors (Lipinski definition) is 1. The molecule has 4 heteroatoms. The quantitative estimate of drug-likeness (QED) is 0.733. The Bertz CT molecular complexity index is 712. The van der Waals surface area contributed by atoms with Gasteiger partial charge in [0.2, 0.25) is 0 Å². The number of halogens is 1. The predicted molar refractivity (Wildman–Crippen MR) is 103 cm³/mol. The first-order chi connectivity index (χ1) is 11.9. The number of benzene rings is 2. The van der Waals surface area contributed by atoms with Crippen LogP contribution in [-0.2, 0) is 11.2 Å². The number of carbonyl (C=O) groups is 1. The van der Waals surface area contributed by atoms with Crippen molar-refractivity contribution in [3.05, 3.63) is 64.2 Å². The molecule has 2 aromatic rings. The van der Waals surface area contributed by atoms with Crippen LogP contribution in [0.25, 0.3) is 0 Å². The van der Waals surface area contributed by atoms with Gasteiger partial charge in [0.15, 0.2) is 6.10 Å². The molecule has 0 aliphatic heterocycles. The van der Waals surface area contributed by atoms with Crippen molar-refractivity contribution in [2.75, 3.05) is 0 Å². The fourth-order valence-corrected chi connectivity index (χ4v) is 2.73. The SMILES string of the molecule is CCc1ccc([C@H](C)NC(=O)[C@H](CC)Oc2ccc(Cl)c(C)c2)cc1.